The van der Waals surface area contributed by atoms with E-state index < -0.39 is 5.97 Å². The second-order valence-electron chi connectivity index (χ2n) is 6.30. The van der Waals surface area contributed by atoms with E-state index in [1.165, 1.54) is 12.1 Å². The lowest BCUT2D eigenvalue weighted by Gasteiger charge is -2.29. The van der Waals surface area contributed by atoms with Gasteiger partial charge in [-0.25, -0.2) is 4.39 Å². The maximum absolute atomic E-state index is 12.8. The number of amides is 1. The monoisotopic (exact) mass is 337 g/mol. The van der Waals surface area contributed by atoms with E-state index in [0.717, 1.165) is 0 Å². The minimum Gasteiger partial charge on any atom is -0.494 e. The minimum absolute atomic E-state index is 0.0661. The first-order valence-electron chi connectivity index (χ1n) is 8.33. The zero-order chi connectivity index (χ0) is 17.5. The Morgan fingerprint density at radius 3 is 2.33 bits per heavy atom. The molecule has 0 saturated heterocycles. The van der Waals surface area contributed by atoms with Crippen molar-refractivity contribution in [3.8, 4) is 5.75 Å². The van der Waals surface area contributed by atoms with Crippen LogP contribution in [0.25, 0.3) is 0 Å². The van der Waals surface area contributed by atoms with E-state index in [1.54, 1.807) is 24.1 Å². The number of carboxylic acid groups (broad SMARTS) is 1. The number of aliphatic carboxylic acids is 1. The smallest absolute Gasteiger partial charge is 0.306 e. The van der Waals surface area contributed by atoms with Crippen molar-refractivity contribution >= 4 is 11.9 Å². The van der Waals surface area contributed by atoms with Crippen molar-refractivity contribution < 1.29 is 23.8 Å². The van der Waals surface area contributed by atoms with E-state index in [4.69, 9.17) is 9.84 Å². The van der Waals surface area contributed by atoms with Crippen LogP contribution in [0.4, 0.5) is 4.39 Å². The topological polar surface area (TPSA) is 66.8 Å². The van der Waals surface area contributed by atoms with E-state index in [0.29, 0.717) is 51.0 Å². The van der Waals surface area contributed by atoms with Crippen molar-refractivity contribution in [1.82, 2.24) is 4.90 Å². The molecule has 0 spiro atoms. The summed E-state index contributed by atoms with van der Waals surface area (Å²) in [6, 6.07) is 5.84. The summed E-state index contributed by atoms with van der Waals surface area (Å²) in [5, 5.41) is 8.99. The highest BCUT2D eigenvalue weighted by Gasteiger charge is 2.30. The summed E-state index contributed by atoms with van der Waals surface area (Å²) < 4.78 is 18.3. The summed E-state index contributed by atoms with van der Waals surface area (Å²) in [5.41, 5.74) is 0. The Morgan fingerprint density at radius 1 is 1.17 bits per heavy atom. The first-order valence-corrected chi connectivity index (χ1v) is 8.33. The Kier molecular flexibility index (Phi) is 6.58. The third kappa shape index (κ3) is 5.22. The summed E-state index contributed by atoms with van der Waals surface area (Å²) in [6.07, 6.45) is 3.13. The maximum Gasteiger partial charge on any atom is 0.306 e. The molecule has 1 aromatic carbocycles. The van der Waals surface area contributed by atoms with Crippen LogP contribution in [0.2, 0.25) is 0 Å². The Labute approximate surface area is 141 Å². The molecule has 0 unspecified atom stereocenters. The molecule has 5 nitrogen and oxygen atoms in total. The number of carboxylic acids is 1. The van der Waals surface area contributed by atoms with Crippen LogP contribution in [-0.2, 0) is 9.59 Å². The molecule has 0 radical (unpaired) electrons. The summed E-state index contributed by atoms with van der Waals surface area (Å²) in [4.78, 5) is 25.0. The molecule has 24 heavy (non-hydrogen) atoms. The number of benzene rings is 1. The molecule has 0 aliphatic heterocycles. The molecule has 0 heterocycles. The zero-order valence-electron chi connectivity index (χ0n) is 13.9. The van der Waals surface area contributed by atoms with Crippen molar-refractivity contribution in [2.75, 3.05) is 20.2 Å². The Morgan fingerprint density at radius 2 is 1.75 bits per heavy atom. The lowest BCUT2D eigenvalue weighted by atomic mass is 9.81. The van der Waals surface area contributed by atoms with Crippen LogP contribution in [0.3, 0.4) is 0 Å². The Hall–Kier alpha value is -2.11. The first-order chi connectivity index (χ1) is 11.5. The Bertz CT molecular complexity index is 553. The van der Waals surface area contributed by atoms with Gasteiger partial charge in [0.2, 0.25) is 5.91 Å². The molecule has 0 bridgehead atoms. The van der Waals surface area contributed by atoms with Gasteiger partial charge in [-0.05, 0) is 56.4 Å². The van der Waals surface area contributed by atoms with Gasteiger partial charge < -0.3 is 14.7 Å². The molecule has 2 rings (SSSR count). The van der Waals surface area contributed by atoms with Gasteiger partial charge in [0.1, 0.15) is 11.6 Å². The van der Waals surface area contributed by atoms with E-state index in [-0.39, 0.29) is 23.6 Å². The van der Waals surface area contributed by atoms with Gasteiger partial charge in [-0.3, -0.25) is 9.59 Å². The number of carbonyl (C=O) groups is 2. The number of ether oxygens (including phenoxy) is 1. The van der Waals surface area contributed by atoms with E-state index in [2.05, 4.69) is 0 Å². The van der Waals surface area contributed by atoms with Crippen LogP contribution in [0.1, 0.15) is 32.1 Å². The molecule has 0 atom stereocenters. The number of nitrogens with zero attached hydrogens (tertiary/aromatic N) is 1. The second kappa shape index (κ2) is 8.66. The average Bonchev–Trinajstić information content (AvgIpc) is 2.59. The third-order valence-electron chi connectivity index (χ3n) is 4.52. The van der Waals surface area contributed by atoms with E-state index in [1.807, 2.05) is 0 Å². The van der Waals surface area contributed by atoms with E-state index in [9.17, 15) is 14.0 Å². The molecular weight excluding hydrogens is 313 g/mol. The van der Waals surface area contributed by atoms with Gasteiger partial charge in [0.05, 0.1) is 12.5 Å². The van der Waals surface area contributed by atoms with Crippen LogP contribution < -0.4 is 4.74 Å². The van der Waals surface area contributed by atoms with Gasteiger partial charge in [0.15, 0.2) is 0 Å². The molecule has 1 aliphatic rings. The number of rotatable bonds is 7. The lowest BCUT2D eigenvalue weighted by molar-refractivity contribution is -0.145. The second-order valence-corrected chi connectivity index (χ2v) is 6.30. The minimum atomic E-state index is -0.757. The summed E-state index contributed by atoms with van der Waals surface area (Å²) in [6.45, 7) is 1.04. The molecule has 1 aliphatic carbocycles. The lowest BCUT2D eigenvalue weighted by Crippen LogP contribution is -2.36. The van der Waals surface area contributed by atoms with Gasteiger partial charge in [0.25, 0.3) is 0 Å². The fourth-order valence-corrected chi connectivity index (χ4v) is 3.03. The quantitative estimate of drug-likeness (QED) is 0.777. The van der Waals surface area contributed by atoms with Gasteiger partial charge in [-0.15, -0.1) is 0 Å². The van der Waals surface area contributed by atoms with Crippen LogP contribution in [0.5, 0.6) is 5.75 Å². The molecule has 1 saturated carbocycles. The van der Waals surface area contributed by atoms with Crippen LogP contribution in [0.15, 0.2) is 24.3 Å². The predicted molar refractivity (Wildman–Crippen MR) is 87.2 cm³/mol. The molecule has 132 valence electrons. The van der Waals surface area contributed by atoms with Crippen molar-refractivity contribution in [1.29, 1.82) is 0 Å². The first kappa shape index (κ1) is 18.2. The third-order valence-corrected chi connectivity index (χ3v) is 4.52. The normalized spacial score (nSPS) is 20.4. The number of hydrogen-bond acceptors (Lipinski definition) is 3. The van der Waals surface area contributed by atoms with Gasteiger partial charge in [-0.1, -0.05) is 0 Å². The Balaban J connectivity index is 1.66. The standard InChI is InChI=1S/C18H24FNO4/c1-20(11-2-12-24-16-9-7-15(19)8-10-16)17(21)13-3-5-14(6-4-13)18(22)23/h7-10,13-14H,2-6,11-12H2,1H3,(H,22,23). The van der Waals surface area contributed by atoms with Gasteiger partial charge in [-0.2, -0.15) is 0 Å². The van der Waals surface area contributed by atoms with Crippen LogP contribution in [0, 0.1) is 17.7 Å². The molecule has 1 aromatic rings. The number of carbonyl (C=O) groups excluding carboxylic acids is 1. The number of halogens is 1. The fraction of sp³-hybridized carbons (Fsp3) is 0.556. The van der Waals surface area contributed by atoms with Crippen molar-refractivity contribution in [3.63, 3.8) is 0 Å². The molecule has 6 heteroatoms. The zero-order valence-corrected chi connectivity index (χ0v) is 13.9. The summed E-state index contributed by atoms with van der Waals surface area (Å²) in [5.74, 6) is -0.734. The highest BCUT2D eigenvalue weighted by molar-refractivity contribution is 5.79. The highest BCUT2D eigenvalue weighted by atomic mass is 19.1. The summed E-state index contributed by atoms with van der Waals surface area (Å²) >= 11 is 0. The maximum atomic E-state index is 12.8. The SMILES string of the molecule is CN(CCCOc1ccc(F)cc1)C(=O)C1CCC(C(=O)O)CC1. The summed E-state index contributed by atoms with van der Waals surface area (Å²) in [7, 11) is 1.77. The average molecular weight is 337 g/mol. The molecule has 1 N–H and O–H groups in total. The van der Waals surface area contributed by atoms with Crippen LogP contribution in [-0.4, -0.2) is 42.1 Å². The largest absolute Gasteiger partial charge is 0.494 e. The predicted octanol–water partition coefficient (Wildman–Crippen LogP) is 2.94. The van der Waals surface area contributed by atoms with E-state index >= 15 is 0 Å². The molecular formula is C18H24FNO4. The fourth-order valence-electron chi connectivity index (χ4n) is 3.03. The van der Waals surface area contributed by atoms with Gasteiger partial charge >= 0.3 is 5.97 Å². The van der Waals surface area contributed by atoms with Crippen molar-refractivity contribution in [3.05, 3.63) is 30.1 Å². The highest BCUT2D eigenvalue weighted by Crippen LogP contribution is 2.30. The molecule has 1 fully saturated rings. The van der Waals surface area contributed by atoms with Crippen molar-refractivity contribution in [2.24, 2.45) is 11.8 Å². The van der Waals surface area contributed by atoms with Crippen LogP contribution >= 0.6 is 0 Å². The van der Waals surface area contributed by atoms with Crippen molar-refractivity contribution in [2.45, 2.75) is 32.1 Å². The molecule has 1 amide bonds. The van der Waals surface area contributed by atoms with Gasteiger partial charge in [0, 0.05) is 19.5 Å². The molecule has 0 aromatic heterocycles. The number of hydrogen-bond donors (Lipinski definition) is 1.